The Morgan fingerprint density at radius 1 is 1.54 bits per heavy atom. The van der Waals surface area contributed by atoms with E-state index in [4.69, 9.17) is 0 Å². The molecule has 0 spiro atoms. The quantitative estimate of drug-likeness (QED) is 0.632. The summed E-state index contributed by atoms with van der Waals surface area (Å²) in [7, 11) is 0. The molecule has 1 aliphatic rings. The monoisotopic (exact) mass is 188 g/mol. The first-order valence-electron chi connectivity index (χ1n) is 5.35. The molecular formula is C10H21FN2. The van der Waals surface area contributed by atoms with E-state index in [0.717, 1.165) is 19.0 Å². The van der Waals surface area contributed by atoms with Gasteiger partial charge >= 0.3 is 0 Å². The fourth-order valence-electron chi connectivity index (χ4n) is 1.86. The van der Waals surface area contributed by atoms with Crippen LogP contribution in [0.15, 0.2) is 0 Å². The third kappa shape index (κ3) is 4.05. The predicted octanol–water partition coefficient (Wildman–Crippen LogP) is 1.28. The number of alkyl halides is 1. The molecule has 0 saturated carbocycles. The summed E-state index contributed by atoms with van der Waals surface area (Å²) in [6, 6.07) is 0. The van der Waals surface area contributed by atoms with Crippen LogP contribution in [0.1, 0.15) is 19.8 Å². The van der Waals surface area contributed by atoms with Crippen molar-refractivity contribution in [2.75, 3.05) is 39.4 Å². The molecular weight excluding hydrogens is 167 g/mol. The summed E-state index contributed by atoms with van der Waals surface area (Å²) in [5, 5.41) is 3.31. The fourth-order valence-corrected chi connectivity index (χ4v) is 1.86. The van der Waals surface area contributed by atoms with Crippen LogP contribution in [0.4, 0.5) is 4.39 Å². The third-order valence-corrected chi connectivity index (χ3v) is 2.74. The van der Waals surface area contributed by atoms with Crippen LogP contribution in [-0.4, -0.2) is 44.3 Å². The molecule has 0 aromatic rings. The lowest BCUT2D eigenvalue weighted by atomic mass is 10.1. The van der Waals surface area contributed by atoms with Crippen molar-refractivity contribution in [1.82, 2.24) is 10.2 Å². The van der Waals surface area contributed by atoms with Crippen molar-refractivity contribution >= 4 is 0 Å². The Bertz CT molecular complexity index is 130. The molecule has 2 nitrogen and oxygen atoms in total. The maximum absolute atomic E-state index is 11.8. The van der Waals surface area contributed by atoms with Crippen molar-refractivity contribution in [3.05, 3.63) is 0 Å². The summed E-state index contributed by atoms with van der Waals surface area (Å²) >= 11 is 0. The van der Waals surface area contributed by atoms with Gasteiger partial charge in [-0.2, -0.15) is 0 Å². The molecule has 0 aliphatic carbocycles. The molecule has 1 N–H and O–H groups in total. The summed E-state index contributed by atoms with van der Waals surface area (Å²) < 4.78 is 11.8. The molecule has 1 heterocycles. The summed E-state index contributed by atoms with van der Waals surface area (Å²) in [6.07, 6.45) is 1.96. The number of hydrogen-bond acceptors (Lipinski definition) is 2. The molecule has 1 atom stereocenters. The topological polar surface area (TPSA) is 15.3 Å². The van der Waals surface area contributed by atoms with Gasteiger partial charge in [0.15, 0.2) is 0 Å². The Hall–Kier alpha value is -0.150. The highest BCUT2D eigenvalue weighted by molar-refractivity contribution is 4.75. The zero-order valence-electron chi connectivity index (χ0n) is 8.56. The Balaban J connectivity index is 1.97. The van der Waals surface area contributed by atoms with Gasteiger partial charge in [-0.3, -0.25) is 4.39 Å². The summed E-state index contributed by atoms with van der Waals surface area (Å²) in [5.41, 5.74) is 0. The average molecular weight is 188 g/mol. The second kappa shape index (κ2) is 6.33. The second-order valence-corrected chi connectivity index (χ2v) is 3.79. The van der Waals surface area contributed by atoms with Crippen molar-refractivity contribution < 1.29 is 4.39 Å². The Kier molecular flexibility index (Phi) is 5.32. The number of nitrogens with one attached hydrogen (secondary N) is 1. The van der Waals surface area contributed by atoms with Crippen molar-refractivity contribution in [2.24, 2.45) is 5.92 Å². The highest BCUT2D eigenvalue weighted by atomic mass is 19.1. The zero-order chi connectivity index (χ0) is 9.52. The van der Waals surface area contributed by atoms with E-state index >= 15 is 0 Å². The van der Waals surface area contributed by atoms with Crippen LogP contribution in [0.5, 0.6) is 0 Å². The first kappa shape index (κ1) is 10.9. The SMILES string of the molecule is CCN1CCC(CNCCCF)C1. The average Bonchev–Trinajstić information content (AvgIpc) is 2.60. The summed E-state index contributed by atoms with van der Waals surface area (Å²) in [5.74, 6) is 0.791. The smallest absolute Gasteiger partial charge is 0.0906 e. The van der Waals surface area contributed by atoms with E-state index in [1.54, 1.807) is 0 Å². The number of rotatable bonds is 6. The molecule has 0 bridgehead atoms. The molecule has 78 valence electrons. The molecule has 1 fully saturated rings. The van der Waals surface area contributed by atoms with E-state index in [2.05, 4.69) is 17.1 Å². The van der Waals surface area contributed by atoms with Crippen molar-refractivity contribution in [1.29, 1.82) is 0 Å². The van der Waals surface area contributed by atoms with Crippen LogP contribution in [0.2, 0.25) is 0 Å². The van der Waals surface area contributed by atoms with Gasteiger partial charge in [-0.1, -0.05) is 6.92 Å². The Morgan fingerprint density at radius 3 is 3.00 bits per heavy atom. The van der Waals surface area contributed by atoms with Gasteiger partial charge in [0.2, 0.25) is 0 Å². The normalized spacial score (nSPS) is 24.0. The molecule has 1 saturated heterocycles. The van der Waals surface area contributed by atoms with E-state index < -0.39 is 0 Å². The van der Waals surface area contributed by atoms with Gasteiger partial charge in [0.1, 0.15) is 0 Å². The minimum Gasteiger partial charge on any atom is -0.316 e. The van der Waals surface area contributed by atoms with E-state index in [1.165, 1.54) is 26.1 Å². The number of hydrogen-bond donors (Lipinski definition) is 1. The van der Waals surface area contributed by atoms with Crippen LogP contribution >= 0.6 is 0 Å². The first-order valence-corrected chi connectivity index (χ1v) is 5.35. The van der Waals surface area contributed by atoms with Crippen molar-refractivity contribution in [2.45, 2.75) is 19.8 Å². The van der Waals surface area contributed by atoms with Gasteiger partial charge in [0.25, 0.3) is 0 Å². The van der Waals surface area contributed by atoms with Gasteiger partial charge in [0, 0.05) is 6.54 Å². The molecule has 1 unspecified atom stereocenters. The van der Waals surface area contributed by atoms with Crippen LogP contribution in [0.25, 0.3) is 0 Å². The zero-order valence-corrected chi connectivity index (χ0v) is 8.56. The first-order chi connectivity index (χ1) is 6.36. The molecule has 1 aliphatic heterocycles. The summed E-state index contributed by atoms with van der Waals surface area (Å²) in [6.45, 7) is 7.54. The third-order valence-electron chi connectivity index (χ3n) is 2.74. The molecule has 13 heavy (non-hydrogen) atoms. The lowest BCUT2D eigenvalue weighted by Gasteiger charge is -2.13. The van der Waals surface area contributed by atoms with Gasteiger partial charge in [0.05, 0.1) is 6.67 Å². The van der Waals surface area contributed by atoms with E-state index in [-0.39, 0.29) is 6.67 Å². The molecule has 0 aromatic carbocycles. The number of halogens is 1. The summed E-state index contributed by atoms with van der Waals surface area (Å²) in [4.78, 5) is 2.47. The van der Waals surface area contributed by atoms with Gasteiger partial charge in [-0.25, -0.2) is 0 Å². The van der Waals surface area contributed by atoms with Crippen LogP contribution in [0, 0.1) is 5.92 Å². The standard InChI is InChI=1S/C10H21FN2/c1-2-13-7-4-10(9-13)8-12-6-3-5-11/h10,12H,2-9H2,1H3. The molecule has 0 radical (unpaired) electrons. The van der Waals surface area contributed by atoms with Gasteiger partial charge in [-0.05, 0) is 44.9 Å². The van der Waals surface area contributed by atoms with E-state index in [0.29, 0.717) is 6.42 Å². The minimum atomic E-state index is -0.196. The number of nitrogens with zero attached hydrogens (tertiary/aromatic N) is 1. The lowest BCUT2D eigenvalue weighted by Crippen LogP contribution is -2.27. The van der Waals surface area contributed by atoms with Gasteiger partial charge < -0.3 is 10.2 Å². The van der Waals surface area contributed by atoms with E-state index in [9.17, 15) is 4.39 Å². The van der Waals surface area contributed by atoms with Crippen molar-refractivity contribution in [3.8, 4) is 0 Å². The molecule has 3 heteroatoms. The highest BCUT2D eigenvalue weighted by Gasteiger charge is 2.19. The van der Waals surface area contributed by atoms with Gasteiger partial charge in [-0.15, -0.1) is 0 Å². The Labute approximate surface area is 80.5 Å². The second-order valence-electron chi connectivity index (χ2n) is 3.79. The molecule has 1 rings (SSSR count). The van der Waals surface area contributed by atoms with E-state index in [1.807, 2.05) is 0 Å². The number of likely N-dealkylation sites (tertiary alicyclic amines) is 1. The maximum Gasteiger partial charge on any atom is 0.0906 e. The lowest BCUT2D eigenvalue weighted by molar-refractivity contribution is 0.338. The van der Waals surface area contributed by atoms with Crippen molar-refractivity contribution in [3.63, 3.8) is 0 Å². The largest absolute Gasteiger partial charge is 0.316 e. The van der Waals surface area contributed by atoms with Crippen LogP contribution in [-0.2, 0) is 0 Å². The minimum absolute atomic E-state index is 0.196. The molecule has 0 amide bonds. The van der Waals surface area contributed by atoms with Crippen LogP contribution < -0.4 is 5.32 Å². The Morgan fingerprint density at radius 2 is 2.38 bits per heavy atom. The highest BCUT2D eigenvalue weighted by Crippen LogP contribution is 2.14. The predicted molar refractivity (Wildman–Crippen MR) is 53.7 cm³/mol. The van der Waals surface area contributed by atoms with Crippen LogP contribution in [0.3, 0.4) is 0 Å². The fraction of sp³-hybridized carbons (Fsp3) is 1.00. The maximum atomic E-state index is 11.8. The molecule has 0 aromatic heterocycles.